The number of benzene rings is 1. The molecule has 0 radical (unpaired) electrons. The van der Waals surface area contributed by atoms with Gasteiger partial charge in [-0.15, -0.1) is 0 Å². The second kappa shape index (κ2) is 5.52. The van der Waals surface area contributed by atoms with Gasteiger partial charge in [0.2, 0.25) is 0 Å². The van der Waals surface area contributed by atoms with Crippen LogP contribution in [0.25, 0.3) is 0 Å². The van der Waals surface area contributed by atoms with Crippen molar-refractivity contribution in [2.75, 3.05) is 6.61 Å². The van der Waals surface area contributed by atoms with E-state index in [0.29, 0.717) is 24.4 Å². The Hall–Kier alpha value is -1.82. The van der Waals surface area contributed by atoms with Crippen LogP contribution in [0.4, 0.5) is 0 Å². The molecule has 1 aromatic carbocycles. The van der Waals surface area contributed by atoms with Gasteiger partial charge in [-0.3, -0.25) is 9.89 Å². The fourth-order valence-electron chi connectivity index (χ4n) is 2.63. The summed E-state index contributed by atoms with van der Waals surface area (Å²) in [6.07, 6.45) is 0.912. The first-order chi connectivity index (χ1) is 10.1. The molecular formula is C15H16BrN3O2. The number of H-pyrrole nitrogens is 1. The molecule has 0 fully saturated rings. The van der Waals surface area contributed by atoms with Crippen LogP contribution in [-0.2, 0) is 13.0 Å². The van der Waals surface area contributed by atoms with Crippen molar-refractivity contribution in [3.8, 4) is 5.75 Å². The minimum Gasteiger partial charge on any atom is -0.493 e. The SMILES string of the molecule is Cc1n[nH]c(C)c1C(=O)NCc1cc(Br)cc2c1OCC2. The van der Waals surface area contributed by atoms with E-state index in [0.717, 1.165) is 27.9 Å². The molecule has 0 unspecified atom stereocenters. The third kappa shape index (κ3) is 2.68. The molecule has 110 valence electrons. The topological polar surface area (TPSA) is 67.0 Å². The number of ether oxygens (including phenoxy) is 1. The molecule has 0 aliphatic carbocycles. The summed E-state index contributed by atoms with van der Waals surface area (Å²) in [4.78, 5) is 12.3. The van der Waals surface area contributed by atoms with Gasteiger partial charge in [-0.2, -0.15) is 5.10 Å². The minimum absolute atomic E-state index is 0.120. The Labute approximate surface area is 131 Å². The van der Waals surface area contributed by atoms with Crippen molar-refractivity contribution < 1.29 is 9.53 Å². The summed E-state index contributed by atoms with van der Waals surface area (Å²) in [5.74, 6) is 0.782. The molecule has 0 spiro atoms. The van der Waals surface area contributed by atoms with Crippen LogP contribution in [0, 0.1) is 13.8 Å². The molecule has 1 aliphatic rings. The van der Waals surface area contributed by atoms with E-state index in [-0.39, 0.29) is 5.91 Å². The van der Waals surface area contributed by atoms with E-state index in [1.807, 2.05) is 19.9 Å². The fraction of sp³-hybridized carbons (Fsp3) is 0.333. The van der Waals surface area contributed by atoms with Gasteiger partial charge in [0, 0.05) is 28.7 Å². The Morgan fingerprint density at radius 1 is 1.48 bits per heavy atom. The number of aromatic amines is 1. The van der Waals surface area contributed by atoms with Gasteiger partial charge in [0.25, 0.3) is 5.91 Å². The van der Waals surface area contributed by atoms with Crippen molar-refractivity contribution in [3.63, 3.8) is 0 Å². The molecule has 21 heavy (non-hydrogen) atoms. The number of amides is 1. The summed E-state index contributed by atoms with van der Waals surface area (Å²) in [6.45, 7) is 4.80. The van der Waals surface area contributed by atoms with Gasteiger partial charge >= 0.3 is 0 Å². The largest absolute Gasteiger partial charge is 0.493 e. The van der Waals surface area contributed by atoms with Gasteiger partial charge in [0.05, 0.1) is 17.9 Å². The lowest BCUT2D eigenvalue weighted by atomic mass is 10.1. The van der Waals surface area contributed by atoms with Gasteiger partial charge < -0.3 is 10.1 Å². The number of aromatic nitrogens is 2. The molecule has 2 N–H and O–H groups in total. The van der Waals surface area contributed by atoms with Gasteiger partial charge in [0.1, 0.15) is 5.75 Å². The zero-order valence-corrected chi connectivity index (χ0v) is 13.5. The van der Waals surface area contributed by atoms with Crippen LogP contribution in [-0.4, -0.2) is 22.7 Å². The highest BCUT2D eigenvalue weighted by molar-refractivity contribution is 9.10. The van der Waals surface area contributed by atoms with Gasteiger partial charge in [-0.25, -0.2) is 0 Å². The normalized spacial score (nSPS) is 12.9. The number of carbonyl (C=O) groups is 1. The Morgan fingerprint density at radius 3 is 3.00 bits per heavy atom. The van der Waals surface area contributed by atoms with Crippen molar-refractivity contribution in [2.24, 2.45) is 0 Å². The lowest BCUT2D eigenvalue weighted by molar-refractivity contribution is 0.0949. The van der Waals surface area contributed by atoms with Crippen molar-refractivity contribution in [2.45, 2.75) is 26.8 Å². The van der Waals surface area contributed by atoms with Crippen molar-refractivity contribution in [3.05, 3.63) is 44.7 Å². The standard InChI is InChI=1S/C15H16BrN3O2/c1-8-13(9(2)19-18-8)15(20)17-7-11-6-12(16)5-10-3-4-21-14(10)11/h5-6H,3-4,7H2,1-2H3,(H,17,20)(H,18,19). The monoisotopic (exact) mass is 349 g/mol. The number of rotatable bonds is 3. The first-order valence-electron chi connectivity index (χ1n) is 6.80. The summed E-state index contributed by atoms with van der Waals surface area (Å²) in [6, 6.07) is 4.05. The average molecular weight is 350 g/mol. The number of carbonyl (C=O) groups excluding carboxylic acids is 1. The van der Waals surface area contributed by atoms with E-state index >= 15 is 0 Å². The van der Waals surface area contributed by atoms with Gasteiger partial charge in [-0.1, -0.05) is 15.9 Å². The molecule has 5 nitrogen and oxygen atoms in total. The van der Waals surface area contributed by atoms with E-state index in [4.69, 9.17) is 4.74 Å². The third-order valence-corrected chi connectivity index (χ3v) is 4.08. The molecule has 0 bridgehead atoms. The van der Waals surface area contributed by atoms with E-state index in [1.54, 1.807) is 0 Å². The lowest BCUT2D eigenvalue weighted by Crippen LogP contribution is -2.24. The van der Waals surface area contributed by atoms with Crippen molar-refractivity contribution in [1.82, 2.24) is 15.5 Å². The Balaban J connectivity index is 1.78. The number of nitrogens with one attached hydrogen (secondary N) is 2. The number of fused-ring (bicyclic) bond motifs is 1. The van der Waals surface area contributed by atoms with Crippen LogP contribution in [0.1, 0.15) is 32.9 Å². The average Bonchev–Trinajstić information content (AvgIpc) is 3.02. The second-order valence-electron chi connectivity index (χ2n) is 5.14. The highest BCUT2D eigenvalue weighted by Gasteiger charge is 2.19. The molecular weight excluding hydrogens is 334 g/mol. The highest BCUT2D eigenvalue weighted by atomic mass is 79.9. The van der Waals surface area contributed by atoms with Crippen molar-refractivity contribution in [1.29, 1.82) is 0 Å². The maximum absolute atomic E-state index is 12.3. The summed E-state index contributed by atoms with van der Waals surface area (Å²) < 4.78 is 6.67. The Morgan fingerprint density at radius 2 is 2.29 bits per heavy atom. The van der Waals surface area contributed by atoms with E-state index in [2.05, 4.69) is 37.5 Å². The van der Waals surface area contributed by atoms with Crippen LogP contribution >= 0.6 is 15.9 Å². The van der Waals surface area contributed by atoms with E-state index < -0.39 is 0 Å². The number of halogens is 1. The Bertz CT molecular complexity index is 690. The lowest BCUT2D eigenvalue weighted by Gasteiger charge is -2.10. The zero-order chi connectivity index (χ0) is 15.0. The second-order valence-corrected chi connectivity index (χ2v) is 6.06. The molecule has 0 saturated carbocycles. The van der Waals surface area contributed by atoms with Crippen LogP contribution < -0.4 is 10.1 Å². The van der Waals surface area contributed by atoms with Crippen LogP contribution in [0.2, 0.25) is 0 Å². The summed E-state index contributed by atoms with van der Waals surface area (Å²) in [5.41, 5.74) is 4.28. The minimum atomic E-state index is -0.120. The van der Waals surface area contributed by atoms with Crippen LogP contribution in [0.5, 0.6) is 5.75 Å². The van der Waals surface area contributed by atoms with Crippen LogP contribution in [0.3, 0.4) is 0 Å². The molecule has 6 heteroatoms. The number of nitrogens with zero attached hydrogens (tertiary/aromatic N) is 1. The molecule has 1 amide bonds. The summed E-state index contributed by atoms with van der Waals surface area (Å²) in [5, 5.41) is 9.81. The third-order valence-electron chi connectivity index (χ3n) is 3.62. The zero-order valence-electron chi connectivity index (χ0n) is 11.9. The molecule has 0 atom stereocenters. The molecule has 1 aliphatic heterocycles. The molecule has 3 rings (SSSR count). The van der Waals surface area contributed by atoms with Gasteiger partial charge in [-0.05, 0) is 31.5 Å². The maximum Gasteiger partial charge on any atom is 0.255 e. The molecule has 2 aromatic rings. The highest BCUT2D eigenvalue weighted by Crippen LogP contribution is 2.32. The Kier molecular flexibility index (Phi) is 3.71. The number of aryl methyl sites for hydroxylation is 2. The fourth-order valence-corrected chi connectivity index (χ4v) is 3.18. The molecule has 2 heterocycles. The van der Waals surface area contributed by atoms with Crippen LogP contribution in [0.15, 0.2) is 16.6 Å². The number of hydrogen-bond acceptors (Lipinski definition) is 3. The predicted octanol–water partition coefficient (Wildman–Crippen LogP) is 2.65. The van der Waals surface area contributed by atoms with E-state index in [9.17, 15) is 4.79 Å². The smallest absolute Gasteiger partial charge is 0.255 e. The quantitative estimate of drug-likeness (QED) is 0.894. The van der Waals surface area contributed by atoms with Gasteiger partial charge in [0.15, 0.2) is 0 Å². The van der Waals surface area contributed by atoms with Crippen molar-refractivity contribution >= 4 is 21.8 Å². The maximum atomic E-state index is 12.3. The number of hydrogen-bond donors (Lipinski definition) is 2. The summed E-state index contributed by atoms with van der Waals surface area (Å²) in [7, 11) is 0. The molecule has 0 saturated heterocycles. The predicted molar refractivity (Wildman–Crippen MR) is 82.6 cm³/mol. The molecule has 1 aromatic heterocycles. The summed E-state index contributed by atoms with van der Waals surface area (Å²) >= 11 is 3.50. The first-order valence-corrected chi connectivity index (χ1v) is 7.59. The van der Waals surface area contributed by atoms with E-state index in [1.165, 1.54) is 5.56 Å². The first kappa shape index (κ1) is 14.1.